The Morgan fingerprint density at radius 3 is 2.81 bits per heavy atom. The maximum Gasteiger partial charge on any atom is 0.293 e. The van der Waals surface area contributed by atoms with E-state index < -0.39 is 4.92 Å². The van der Waals surface area contributed by atoms with Crippen LogP contribution in [-0.4, -0.2) is 35.9 Å². The van der Waals surface area contributed by atoms with E-state index in [9.17, 15) is 14.9 Å². The largest absolute Gasteiger partial charge is 0.380 e. The molecule has 112 valence electrons. The van der Waals surface area contributed by atoms with Gasteiger partial charge in [0.15, 0.2) is 0 Å². The second-order valence-corrected chi connectivity index (χ2v) is 4.55. The normalized spacial score (nSPS) is 9.76. The van der Waals surface area contributed by atoms with Crippen molar-refractivity contribution in [1.29, 1.82) is 5.26 Å². The van der Waals surface area contributed by atoms with Crippen LogP contribution in [0.1, 0.15) is 30.1 Å². The molecule has 0 aromatic heterocycles. The molecule has 0 atom stereocenters. The number of hydrogen-bond donors (Lipinski definition) is 1. The van der Waals surface area contributed by atoms with E-state index in [2.05, 4.69) is 5.32 Å². The topological polar surface area (TPSA) is 99.3 Å². The Kier molecular flexibility index (Phi) is 6.14. The fourth-order valence-electron chi connectivity index (χ4n) is 1.76. The molecule has 1 aromatic rings. The zero-order valence-electron chi connectivity index (χ0n) is 12.1. The minimum atomic E-state index is -0.510. The van der Waals surface area contributed by atoms with Gasteiger partial charge >= 0.3 is 0 Å². The molecular weight excluding hydrogens is 272 g/mol. The molecule has 0 unspecified atom stereocenters. The molecule has 7 nitrogen and oxygen atoms in total. The van der Waals surface area contributed by atoms with E-state index in [0.717, 1.165) is 6.42 Å². The van der Waals surface area contributed by atoms with Crippen LogP contribution in [0.2, 0.25) is 0 Å². The van der Waals surface area contributed by atoms with Gasteiger partial charge in [-0.2, -0.15) is 5.26 Å². The SMILES string of the molecule is CCCNc1ccc(C(=O)N(C)CCC#N)cc1[N+](=O)[O-]. The van der Waals surface area contributed by atoms with Gasteiger partial charge < -0.3 is 10.2 Å². The van der Waals surface area contributed by atoms with Crippen LogP contribution >= 0.6 is 0 Å². The molecule has 0 fully saturated rings. The fraction of sp³-hybridized carbons (Fsp3) is 0.429. The number of carbonyl (C=O) groups excluding carboxylic acids is 1. The molecule has 1 rings (SSSR count). The van der Waals surface area contributed by atoms with Gasteiger partial charge in [-0.05, 0) is 18.6 Å². The van der Waals surface area contributed by atoms with E-state index in [4.69, 9.17) is 5.26 Å². The summed E-state index contributed by atoms with van der Waals surface area (Å²) in [6, 6.07) is 6.31. The highest BCUT2D eigenvalue weighted by atomic mass is 16.6. The highest BCUT2D eigenvalue weighted by Crippen LogP contribution is 2.26. The van der Waals surface area contributed by atoms with Crippen molar-refractivity contribution in [3.05, 3.63) is 33.9 Å². The lowest BCUT2D eigenvalue weighted by Crippen LogP contribution is -2.27. The predicted octanol–water partition coefficient (Wildman–Crippen LogP) is 2.40. The highest BCUT2D eigenvalue weighted by Gasteiger charge is 2.19. The molecule has 0 aliphatic heterocycles. The average molecular weight is 290 g/mol. The van der Waals surface area contributed by atoms with Crippen molar-refractivity contribution in [1.82, 2.24) is 4.90 Å². The van der Waals surface area contributed by atoms with Crippen molar-refractivity contribution in [2.75, 3.05) is 25.5 Å². The maximum atomic E-state index is 12.1. The number of hydrogen-bond acceptors (Lipinski definition) is 5. The second-order valence-electron chi connectivity index (χ2n) is 4.55. The number of benzene rings is 1. The zero-order valence-corrected chi connectivity index (χ0v) is 12.1. The van der Waals surface area contributed by atoms with E-state index >= 15 is 0 Å². The Morgan fingerprint density at radius 1 is 1.52 bits per heavy atom. The van der Waals surface area contributed by atoms with Crippen LogP contribution in [0.15, 0.2) is 18.2 Å². The van der Waals surface area contributed by atoms with Gasteiger partial charge in [0.2, 0.25) is 0 Å². The van der Waals surface area contributed by atoms with Gasteiger partial charge in [0, 0.05) is 31.8 Å². The molecule has 1 N–H and O–H groups in total. The summed E-state index contributed by atoms with van der Waals surface area (Å²) in [5.41, 5.74) is 0.519. The third-order valence-electron chi connectivity index (χ3n) is 2.91. The minimum Gasteiger partial charge on any atom is -0.380 e. The van der Waals surface area contributed by atoms with E-state index in [1.807, 2.05) is 13.0 Å². The molecule has 1 amide bonds. The molecule has 7 heteroatoms. The van der Waals surface area contributed by atoms with E-state index in [-0.39, 0.29) is 23.6 Å². The summed E-state index contributed by atoms with van der Waals surface area (Å²) in [7, 11) is 1.56. The third-order valence-corrected chi connectivity index (χ3v) is 2.91. The van der Waals surface area contributed by atoms with E-state index in [1.165, 1.54) is 11.0 Å². The van der Waals surface area contributed by atoms with Crippen LogP contribution < -0.4 is 5.32 Å². The molecule has 0 heterocycles. The molecular formula is C14H18N4O3. The van der Waals surface area contributed by atoms with Crippen molar-refractivity contribution in [2.24, 2.45) is 0 Å². The van der Waals surface area contributed by atoms with Gasteiger partial charge in [0.05, 0.1) is 17.4 Å². The summed E-state index contributed by atoms with van der Waals surface area (Å²) < 4.78 is 0. The summed E-state index contributed by atoms with van der Waals surface area (Å²) in [4.78, 5) is 24.1. The molecule has 0 saturated carbocycles. The number of nitriles is 1. The number of carbonyl (C=O) groups is 1. The smallest absolute Gasteiger partial charge is 0.293 e. The Morgan fingerprint density at radius 2 is 2.24 bits per heavy atom. The number of nitro groups is 1. The molecule has 0 aliphatic carbocycles. The third kappa shape index (κ3) is 4.45. The van der Waals surface area contributed by atoms with Crippen molar-refractivity contribution < 1.29 is 9.72 Å². The molecule has 0 bridgehead atoms. The van der Waals surface area contributed by atoms with E-state index in [1.54, 1.807) is 19.2 Å². The van der Waals surface area contributed by atoms with Gasteiger partial charge in [-0.25, -0.2) is 0 Å². The van der Waals surface area contributed by atoms with Gasteiger partial charge in [0.25, 0.3) is 11.6 Å². The number of amides is 1. The van der Waals surface area contributed by atoms with Crippen LogP contribution in [0.25, 0.3) is 0 Å². The molecule has 0 radical (unpaired) electrons. The van der Waals surface area contributed by atoms with Crippen LogP contribution in [0.5, 0.6) is 0 Å². The standard InChI is InChI=1S/C14H18N4O3/c1-3-8-16-12-6-5-11(10-13(12)18(20)21)14(19)17(2)9-4-7-15/h5-6,10,16H,3-4,8-9H2,1-2H3. The summed E-state index contributed by atoms with van der Waals surface area (Å²) in [5, 5.41) is 22.6. The number of rotatable bonds is 7. The molecule has 21 heavy (non-hydrogen) atoms. The van der Waals surface area contributed by atoms with Crippen molar-refractivity contribution in [2.45, 2.75) is 19.8 Å². The van der Waals surface area contributed by atoms with Gasteiger partial charge in [-0.3, -0.25) is 14.9 Å². The number of nitro benzene ring substituents is 1. The lowest BCUT2D eigenvalue weighted by Gasteiger charge is -2.15. The maximum absolute atomic E-state index is 12.1. The lowest BCUT2D eigenvalue weighted by atomic mass is 10.1. The first kappa shape index (κ1) is 16.4. The monoisotopic (exact) mass is 290 g/mol. The van der Waals surface area contributed by atoms with Crippen LogP contribution in [0, 0.1) is 21.4 Å². The Bertz CT molecular complexity index is 566. The second kappa shape index (κ2) is 7.85. The summed E-state index contributed by atoms with van der Waals surface area (Å²) >= 11 is 0. The van der Waals surface area contributed by atoms with Crippen molar-refractivity contribution >= 4 is 17.3 Å². The first-order valence-electron chi connectivity index (χ1n) is 6.66. The van der Waals surface area contributed by atoms with Crippen LogP contribution in [0.4, 0.5) is 11.4 Å². The molecule has 0 aliphatic rings. The Balaban J connectivity index is 2.99. The predicted molar refractivity (Wildman–Crippen MR) is 79.1 cm³/mol. The number of anilines is 1. The molecule has 1 aromatic carbocycles. The first-order valence-corrected chi connectivity index (χ1v) is 6.66. The van der Waals surface area contributed by atoms with E-state index in [0.29, 0.717) is 18.8 Å². The Hall–Kier alpha value is -2.62. The van der Waals surface area contributed by atoms with Crippen LogP contribution in [-0.2, 0) is 0 Å². The zero-order chi connectivity index (χ0) is 15.8. The summed E-state index contributed by atoms with van der Waals surface area (Å²) in [6.07, 6.45) is 1.06. The van der Waals surface area contributed by atoms with Crippen molar-refractivity contribution in [3.63, 3.8) is 0 Å². The fourth-order valence-corrected chi connectivity index (χ4v) is 1.76. The molecule has 0 spiro atoms. The Labute approximate surface area is 123 Å². The van der Waals surface area contributed by atoms with Crippen LogP contribution in [0.3, 0.4) is 0 Å². The number of nitrogens with zero attached hydrogens (tertiary/aromatic N) is 3. The highest BCUT2D eigenvalue weighted by molar-refractivity contribution is 5.95. The molecule has 0 saturated heterocycles. The van der Waals surface area contributed by atoms with Gasteiger partial charge in [0.1, 0.15) is 5.69 Å². The summed E-state index contributed by atoms with van der Waals surface area (Å²) in [6.45, 7) is 2.87. The minimum absolute atomic E-state index is 0.122. The van der Waals surface area contributed by atoms with Gasteiger partial charge in [-0.15, -0.1) is 0 Å². The van der Waals surface area contributed by atoms with Gasteiger partial charge in [-0.1, -0.05) is 6.92 Å². The lowest BCUT2D eigenvalue weighted by molar-refractivity contribution is -0.384. The summed E-state index contributed by atoms with van der Waals surface area (Å²) in [5.74, 6) is -0.338. The average Bonchev–Trinajstić information content (AvgIpc) is 2.49. The number of nitrogens with one attached hydrogen (secondary N) is 1. The quantitative estimate of drug-likeness (QED) is 0.614. The van der Waals surface area contributed by atoms with Crippen molar-refractivity contribution in [3.8, 4) is 6.07 Å². The first-order chi connectivity index (χ1) is 10.0.